The first-order valence-corrected chi connectivity index (χ1v) is 8.20. The molecule has 0 aliphatic heterocycles. The topological polar surface area (TPSA) is 54.0 Å². The summed E-state index contributed by atoms with van der Waals surface area (Å²) in [6.45, 7) is 4.99. The molecule has 0 saturated heterocycles. The van der Waals surface area contributed by atoms with Gasteiger partial charge in [0.1, 0.15) is 5.82 Å². The highest BCUT2D eigenvalue weighted by Crippen LogP contribution is 2.28. The van der Waals surface area contributed by atoms with Crippen molar-refractivity contribution in [3.8, 4) is 0 Å². The number of anilines is 1. The summed E-state index contributed by atoms with van der Waals surface area (Å²) in [6.07, 6.45) is 7.49. The molecule has 1 amide bonds. The normalized spacial score (nSPS) is 16.7. The molecule has 1 unspecified atom stereocenters. The van der Waals surface area contributed by atoms with Gasteiger partial charge in [-0.25, -0.2) is 4.98 Å². The van der Waals surface area contributed by atoms with Crippen LogP contribution in [0.4, 0.5) is 5.82 Å². The van der Waals surface area contributed by atoms with Gasteiger partial charge in [0.25, 0.3) is 5.91 Å². The smallest absolute Gasteiger partial charge is 0.253 e. The molecular formula is C16H24ClN3O. The van der Waals surface area contributed by atoms with Crippen LogP contribution in [-0.4, -0.2) is 23.5 Å². The average molecular weight is 310 g/mol. The van der Waals surface area contributed by atoms with Gasteiger partial charge in [-0.05, 0) is 38.2 Å². The lowest BCUT2D eigenvalue weighted by molar-refractivity contribution is 0.0927. The number of hydrogen-bond acceptors (Lipinski definition) is 3. The summed E-state index contributed by atoms with van der Waals surface area (Å²) in [6, 6.07) is 1.92. The van der Waals surface area contributed by atoms with Gasteiger partial charge in [-0.1, -0.05) is 31.4 Å². The molecule has 1 aromatic rings. The van der Waals surface area contributed by atoms with E-state index >= 15 is 0 Å². The molecule has 1 saturated carbocycles. The van der Waals surface area contributed by atoms with Crippen LogP contribution < -0.4 is 10.6 Å². The summed E-state index contributed by atoms with van der Waals surface area (Å²) >= 11 is 6.12. The molecule has 2 rings (SSSR count). The van der Waals surface area contributed by atoms with E-state index in [1.165, 1.54) is 31.9 Å². The predicted octanol–water partition coefficient (Wildman–Crippen LogP) is 3.87. The minimum atomic E-state index is -0.110. The minimum Gasteiger partial charge on any atom is -0.370 e. The highest BCUT2D eigenvalue weighted by molar-refractivity contribution is 6.33. The summed E-state index contributed by atoms with van der Waals surface area (Å²) in [5, 5.41) is 6.66. The number of hydrogen-bond donors (Lipinski definition) is 2. The molecule has 0 spiro atoms. The number of halogens is 1. The van der Waals surface area contributed by atoms with E-state index in [1.54, 1.807) is 6.07 Å². The first-order chi connectivity index (χ1) is 10.1. The molecule has 2 N–H and O–H groups in total. The maximum absolute atomic E-state index is 12.4. The zero-order valence-electron chi connectivity index (χ0n) is 12.8. The van der Waals surface area contributed by atoms with Gasteiger partial charge in [0.2, 0.25) is 0 Å². The van der Waals surface area contributed by atoms with E-state index in [0.29, 0.717) is 22.3 Å². The van der Waals surface area contributed by atoms with E-state index in [1.807, 2.05) is 0 Å². The SMILES string of the molecule is CCCNc1cc(C(=O)NC(C)C2CCCC2)c(Cl)cn1. The van der Waals surface area contributed by atoms with Crippen LogP contribution in [0.2, 0.25) is 5.02 Å². The molecule has 1 aliphatic rings. The number of nitrogens with zero attached hydrogens (tertiary/aromatic N) is 1. The van der Waals surface area contributed by atoms with E-state index < -0.39 is 0 Å². The fourth-order valence-electron chi connectivity index (χ4n) is 2.82. The lowest BCUT2D eigenvalue weighted by Crippen LogP contribution is -2.37. The van der Waals surface area contributed by atoms with Gasteiger partial charge in [-0.3, -0.25) is 4.79 Å². The van der Waals surface area contributed by atoms with E-state index in [2.05, 4.69) is 29.5 Å². The molecule has 4 nitrogen and oxygen atoms in total. The van der Waals surface area contributed by atoms with Gasteiger partial charge in [0.05, 0.1) is 10.6 Å². The van der Waals surface area contributed by atoms with Crippen molar-refractivity contribution >= 4 is 23.3 Å². The molecular weight excluding hydrogens is 286 g/mol. The van der Waals surface area contributed by atoms with Crippen molar-refractivity contribution in [2.45, 2.75) is 52.0 Å². The number of rotatable bonds is 6. The quantitative estimate of drug-likeness (QED) is 0.839. The van der Waals surface area contributed by atoms with Crippen LogP contribution in [-0.2, 0) is 0 Å². The first-order valence-electron chi connectivity index (χ1n) is 7.82. The molecule has 0 bridgehead atoms. The maximum atomic E-state index is 12.4. The Morgan fingerprint density at radius 1 is 1.48 bits per heavy atom. The van der Waals surface area contributed by atoms with Crippen molar-refractivity contribution in [1.82, 2.24) is 10.3 Å². The predicted molar refractivity (Wildman–Crippen MR) is 86.9 cm³/mol. The van der Waals surface area contributed by atoms with Crippen LogP contribution in [0.25, 0.3) is 0 Å². The van der Waals surface area contributed by atoms with Crippen molar-refractivity contribution < 1.29 is 4.79 Å². The van der Waals surface area contributed by atoms with Crippen molar-refractivity contribution in [2.24, 2.45) is 5.92 Å². The second-order valence-electron chi connectivity index (χ2n) is 5.78. The summed E-state index contributed by atoms with van der Waals surface area (Å²) in [5.41, 5.74) is 0.495. The Balaban J connectivity index is 2.03. The van der Waals surface area contributed by atoms with Crippen molar-refractivity contribution in [3.63, 3.8) is 0 Å². The molecule has 5 heteroatoms. The van der Waals surface area contributed by atoms with E-state index in [9.17, 15) is 4.79 Å². The third-order valence-electron chi connectivity index (χ3n) is 4.12. The maximum Gasteiger partial charge on any atom is 0.253 e. The van der Waals surface area contributed by atoms with Gasteiger partial charge in [0, 0.05) is 18.8 Å². The Kier molecular flexibility index (Phi) is 5.85. The zero-order valence-corrected chi connectivity index (χ0v) is 13.5. The fourth-order valence-corrected chi connectivity index (χ4v) is 3.01. The van der Waals surface area contributed by atoms with Crippen molar-refractivity contribution in [3.05, 3.63) is 22.8 Å². The molecule has 21 heavy (non-hydrogen) atoms. The number of carbonyl (C=O) groups excluding carboxylic acids is 1. The van der Waals surface area contributed by atoms with Crippen molar-refractivity contribution in [1.29, 1.82) is 0 Å². The van der Waals surface area contributed by atoms with E-state index in [4.69, 9.17) is 11.6 Å². The minimum absolute atomic E-state index is 0.110. The molecule has 1 heterocycles. The Morgan fingerprint density at radius 2 is 2.19 bits per heavy atom. The highest BCUT2D eigenvalue weighted by Gasteiger charge is 2.24. The summed E-state index contributed by atoms with van der Waals surface area (Å²) in [4.78, 5) is 16.6. The van der Waals surface area contributed by atoms with Crippen LogP contribution in [0.15, 0.2) is 12.3 Å². The zero-order chi connectivity index (χ0) is 15.2. The van der Waals surface area contributed by atoms with E-state index in [-0.39, 0.29) is 11.9 Å². The number of amides is 1. The third kappa shape index (κ3) is 4.34. The van der Waals surface area contributed by atoms with Gasteiger partial charge >= 0.3 is 0 Å². The fraction of sp³-hybridized carbons (Fsp3) is 0.625. The van der Waals surface area contributed by atoms with Gasteiger partial charge in [-0.2, -0.15) is 0 Å². The Hall–Kier alpha value is -1.29. The monoisotopic (exact) mass is 309 g/mol. The molecule has 1 atom stereocenters. The summed E-state index contributed by atoms with van der Waals surface area (Å²) in [5.74, 6) is 1.17. The van der Waals surface area contributed by atoms with Gasteiger partial charge < -0.3 is 10.6 Å². The first kappa shape index (κ1) is 16.1. The second-order valence-corrected chi connectivity index (χ2v) is 6.19. The summed E-state index contributed by atoms with van der Waals surface area (Å²) in [7, 11) is 0. The largest absolute Gasteiger partial charge is 0.370 e. The van der Waals surface area contributed by atoms with E-state index in [0.717, 1.165) is 13.0 Å². The number of pyridine rings is 1. The number of nitrogens with one attached hydrogen (secondary N) is 2. The number of aromatic nitrogens is 1. The average Bonchev–Trinajstić information content (AvgIpc) is 3.00. The molecule has 1 fully saturated rings. The van der Waals surface area contributed by atoms with Gasteiger partial charge in [-0.15, -0.1) is 0 Å². The third-order valence-corrected chi connectivity index (χ3v) is 4.42. The van der Waals surface area contributed by atoms with Crippen LogP contribution in [0.1, 0.15) is 56.3 Å². The van der Waals surface area contributed by atoms with Gasteiger partial charge in [0.15, 0.2) is 0 Å². The molecule has 116 valence electrons. The molecule has 0 aromatic carbocycles. The number of carbonyl (C=O) groups is 1. The lowest BCUT2D eigenvalue weighted by atomic mass is 9.99. The standard InChI is InChI=1S/C16H24ClN3O/c1-3-8-18-15-9-13(14(17)10-19-15)16(21)20-11(2)12-6-4-5-7-12/h9-12H,3-8H2,1-2H3,(H,18,19)(H,20,21). The van der Waals surface area contributed by atoms with Crippen molar-refractivity contribution in [2.75, 3.05) is 11.9 Å². The molecule has 1 aliphatic carbocycles. The molecule has 1 aromatic heterocycles. The van der Waals surface area contributed by atoms with Crippen LogP contribution in [0.3, 0.4) is 0 Å². The van der Waals surface area contributed by atoms with Crippen LogP contribution in [0.5, 0.6) is 0 Å². The highest BCUT2D eigenvalue weighted by atomic mass is 35.5. The Labute approximate surface area is 131 Å². The Bertz CT molecular complexity index is 486. The Morgan fingerprint density at radius 3 is 2.86 bits per heavy atom. The molecule has 0 radical (unpaired) electrons. The summed E-state index contributed by atoms with van der Waals surface area (Å²) < 4.78 is 0. The van der Waals surface area contributed by atoms with Crippen LogP contribution in [0, 0.1) is 5.92 Å². The lowest BCUT2D eigenvalue weighted by Gasteiger charge is -2.20. The van der Waals surface area contributed by atoms with Crippen LogP contribution >= 0.6 is 11.6 Å². The second kappa shape index (κ2) is 7.64.